The second kappa shape index (κ2) is 4.84. The average molecular weight is 183 g/mol. The summed E-state index contributed by atoms with van der Waals surface area (Å²) in [6.45, 7) is 0.00685. The summed E-state index contributed by atoms with van der Waals surface area (Å²) >= 11 is 0. The molecule has 0 aliphatic heterocycles. The van der Waals surface area contributed by atoms with Crippen molar-refractivity contribution in [1.29, 1.82) is 0 Å². The van der Waals surface area contributed by atoms with Crippen molar-refractivity contribution in [1.82, 2.24) is 0 Å². The molecule has 5 heteroatoms. The molecule has 0 amide bonds. The molecule has 5 nitrogen and oxygen atoms in total. The van der Waals surface area contributed by atoms with Crippen molar-refractivity contribution in [3.63, 3.8) is 0 Å². The van der Waals surface area contributed by atoms with E-state index in [0.29, 0.717) is 6.42 Å². The van der Waals surface area contributed by atoms with E-state index in [2.05, 4.69) is 10.0 Å². The fourth-order valence-electron chi connectivity index (χ4n) is 1.66. The maximum atomic E-state index is 11.3. The number of aliphatic hydroxyl groups is 1. The van der Waals surface area contributed by atoms with Crippen LogP contribution in [0, 0.1) is 5.92 Å². The Morgan fingerprint density at radius 3 is 3.08 bits per heavy atom. The molecule has 0 bridgehead atoms. The lowest BCUT2D eigenvalue weighted by Gasteiger charge is -2.23. The van der Waals surface area contributed by atoms with Crippen LogP contribution < -0.4 is 0 Å². The molecule has 1 aliphatic carbocycles. The van der Waals surface area contributed by atoms with Gasteiger partial charge in [0.05, 0.1) is 12.6 Å². The van der Waals surface area contributed by atoms with Gasteiger partial charge in [-0.15, -0.1) is 0 Å². The van der Waals surface area contributed by atoms with Crippen LogP contribution >= 0.6 is 0 Å². The van der Waals surface area contributed by atoms with Gasteiger partial charge in [0.25, 0.3) is 0 Å². The van der Waals surface area contributed by atoms with Gasteiger partial charge in [-0.3, -0.25) is 4.79 Å². The Morgan fingerprint density at radius 2 is 2.46 bits per heavy atom. The van der Waals surface area contributed by atoms with Crippen molar-refractivity contribution < 1.29 is 9.90 Å². The third-order valence-electron chi connectivity index (χ3n) is 2.40. The second-order valence-corrected chi connectivity index (χ2v) is 3.30. The van der Waals surface area contributed by atoms with Crippen LogP contribution in [0.3, 0.4) is 0 Å². The van der Waals surface area contributed by atoms with Gasteiger partial charge in [-0.25, -0.2) is 0 Å². The minimum absolute atomic E-state index is 0.00685. The SMILES string of the molecule is [N-]=[N+]=NCC(O)C1CCCCC1=O. The Morgan fingerprint density at radius 1 is 1.69 bits per heavy atom. The molecule has 1 aliphatic rings. The largest absolute Gasteiger partial charge is 0.392 e. The molecule has 1 N–H and O–H groups in total. The molecule has 1 rings (SSSR count). The zero-order valence-corrected chi connectivity index (χ0v) is 7.39. The number of nitrogens with zero attached hydrogens (tertiary/aromatic N) is 3. The van der Waals surface area contributed by atoms with Crippen LogP contribution in [0.25, 0.3) is 10.4 Å². The number of Topliss-reactive ketones (excluding diaryl/α,β-unsaturated/α-hetero) is 1. The highest BCUT2D eigenvalue weighted by atomic mass is 16.3. The Labute approximate surface area is 76.4 Å². The van der Waals surface area contributed by atoms with E-state index in [-0.39, 0.29) is 18.2 Å². The highest BCUT2D eigenvalue weighted by Crippen LogP contribution is 2.23. The van der Waals surface area contributed by atoms with Crippen LogP contribution in [0.5, 0.6) is 0 Å². The first-order valence-electron chi connectivity index (χ1n) is 4.47. The van der Waals surface area contributed by atoms with E-state index in [1.54, 1.807) is 0 Å². The third-order valence-corrected chi connectivity index (χ3v) is 2.40. The van der Waals surface area contributed by atoms with Crippen molar-refractivity contribution in [2.24, 2.45) is 11.0 Å². The lowest BCUT2D eigenvalue weighted by molar-refractivity contribution is -0.128. The van der Waals surface area contributed by atoms with Crippen molar-refractivity contribution in [2.75, 3.05) is 6.54 Å². The van der Waals surface area contributed by atoms with Gasteiger partial charge >= 0.3 is 0 Å². The molecule has 2 atom stereocenters. The van der Waals surface area contributed by atoms with E-state index in [0.717, 1.165) is 19.3 Å². The molecule has 0 aromatic heterocycles. The van der Waals surface area contributed by atoms with Crippen molar-refractivity contribution in [3.8, 4) is 0 Å². The van der Waals surface area contributed by atoms with E-state index >= 15 is 0 Å². The highest BCUT2D eigenvalue weighted by Gasteiger charge is 2.28. The van der Waals surface area contributed by atoms with Gasteiger partial charge in [-0.2, -0.15) is 0 Å². The molecular formula is C8H13N3O2. The number of hydrogen-bond donors (Lipinski definition) is 1. The van der Waals surface area contributed by atoms with Gasteiger partial charge in [0.15, 0.2) is 0 Å². The van der Waals surface area contributed by atoms with Crippen molar-refractivity contribution in [3.05, 3.63) is 10.4 Å². The molecule has 1 saturated carbocycles. The molecule has 72 valence electrons. The number of ketones is 1. The number of rotatable bonds is 3. The summed E-state index contributed by atoms with van der Waals surface area (Å²) in [5, 5.41) is 12.7. The topological polar surface area (TPSA) is 86.1 Å². The third kappa shape index (κ3) is 2.72. The monoisotopic (exact) mass is 183 g/mol. The van der Waals surface area contributed by atoms with Crippen LogP contribution in [-0.4, -0.2) is 23.5 Å². The summed E-state index contributed by atoms with van der Waals surface area (Å²) in [7, 11) is 0. The van der Waals surface area contributed by atoms with E-state index in [4.69, 9.17) is 5.53 Å². The Bertz CT molecular complexity index is 236. The lowest BCUT2D eigenvalue weighted by atomic mass is 9.84. The van der Waals surface area contributed by atoms with Crippen molar-refractivity contribution >= 4 is 5.78 Å². The zero-order chi connectivity index (χ0) is 9.68. The van der Waals surface area contributed by atoms with Gasteiger partial charge in [0.1, 0.15) is 5.78 Å². The molecular weight excluding hydrogens is 170 g/mol. The quantitative estimate of drug-likeness (QED) is 0.407. The predicted octanol–water partition coefficient (Wildman–Crippen LogP) is 1.42. The molecule has 0 aromatic rings. The van der Waals surface area contributed by atoms with Crippen LogP contribution in [0.2, 0.25) is 0 Å². The molecule has 0 saturated heterocycles. The standard InChI is InChI=1S/C8H13N3O2/c9-11-10-5-8(13)6-3-1-2-4-7(6)12/h6,8,13H,1-5H2. The maximum absolute atomic E-state index is 11.3. The lowest BCUT2D eigenvalue weighted by Crippen LogP contribution is -2.32. The van der Waals surface area contributed by atoms with Crippen molar-refractivity contribution in [2.45, 2.75) is 31.8 Å². The number of aliphatic hydroxyl groups excluding tert-OH is 1. The summed E-state index contributed by atoms with van der Waals surface area (Å²) in [4.78, 5) is 13.9. The first kappa shape index (κ1) is 10.0. The molecule has 0 spiro atoms. The van der Waals surface area contributed by atoms with Crippen LogP contribution in [0.15, 0.2) is 5.11 Å². The maximum Gasteiger partial charge on any atom is 0.138 e. The molecule has 0 aromatic carbocycles. The first-order chi connectivity index (χ1) is 6.25. The Hall–Kier alpha value is -1.06. The van der Waals surface area contributed by atoms with Crippen LogP contribution in [0.4, 0.5) is 0 Å². The van der Waals surface area contributed by atoms with Crippen LogP contribution in [0.1, 0.15) is 25.7 Å². The summed E-state index contributed by atoms with van der Waals surface area (Å²) in [6, 6.07) is 0. The number of azide groups is 1. The van der Waals surface area contributed by atoms with Gasteiger partial charge in [0.2, 0.25) is 0 Å². The molecule has 13 heavy (non-hydrogen) atoms. The summed E-state index contributed by atoms with van der Waals surface area (Å²) in [5.41, 5.74) is 8.04. The highest BCUT2D eigenvalue weighted by molar-refractivity contribution is 5.82. The fraction of sp³-hybridized carbons (Fsp3) is 0.875. The van der Waals surface area contributed by atoms with E-state index in [1.165, 1.54) is 0 Å². The van der Waals surface area contributed by atoms with Gasteiger partial charge < -0.3 is 5.11 Å². The zero-order valence-electron chi connectivity index (χ0n) is 7.39. The smallest absolute Gasteiger partial charge is 0.138 e. The van der Waals surface area contributed by atoms with Gasteiger partial charge in [0, 0.05) is 17.3 Å². The van der Waals surface area contributed by atoms with Gasteiger partial charge in [-0.1, -0.05) is 11.5 Å². The normalized spacial score (nSPS) is 25.0. The first-order valence-corrected chi connectivity index (χ1v) is 4.47. The van der Waals surface area contributed by atoms with E-state index in [9.17, 15) is 9.90 Å². The molecule has 1 fully saturated rings. The Kier molecular flexibility index (Phi) is 3.73. The number of carbonyl (C=O) groups excluding carboxylic acids is 1. The minimum atomic E-state index is -0.788. The molecule has 0 heterocycles. The average Bonchev–Trinajstić information content (AvgIpc) is 2.15. The number of hydrogen-bond acceptors (Lipinski definition) is 3. The summed E-state index contributed by atoms with van der Waals surface area (Å²) < 4.78 is 0. The Balaban J connectivity index is 2.47. The predicted molar refractivity (Wildman–Crippen MR) is 47.0 cm³/mol. The molecule has 2 unspecified atom stereocenters. The second-order valence-electron chi connectivity index (χ2n) is 3.30. The van der Waals surface area contributed by atoms with Crippen LogP contribution in [-0.2, 0) is 4.79 Å². The summed E-state index contributed by atoms with van der Waals surface area (Å²) in [6.07, 6.45) is 2.38. The minimum Gasteiger partial charge on any atom is -0.392 e. The summed E-state index contributed by atoms with van der Waals surface area (Å²) in [5.74, 6) is -0.203. The van der Waals surface area contributed by atoms with E-state index in [1.807, 2.05) is 0 Å². The number of carbonyl (C=O) groups is 1. The molecule has 0 radical (unpaired) electrons. The fourth-order valence-corrected chi connectivity index (χ4v) is 1.66. The van der Waals surface area contributed by atoms with E-state index < -0.39 is 6.10 Å². The van der Waals surface area contributed by atoms with Gasteiger partial charge in [-0.05, 0) is 18.4 Å².